The van der Waals surface area contributed by atoms with Crippen LogP contribution in [-0.2, 0) is 11.3 Å². The summed E-state index contributed by atoms with van der Waals surface area (Å²) in [6, 6.07) is 6.74. The molecule has 0 aromatic heterocycles. The van der Waals surface area contributed by atoms with E-state index in [9.17, 15) is 0 Å². The minimum atomic E-state index is 0.579. The van der Waals surface area contributed by atoms with Gasteiger partial charge < -0.3 is 15.4 Å². The molecule has 3 heteroatoms. The average Bonchev–Trinajstić information content (AvgIpc) is 2.61. The topological polar surface area (TPSA) is 38.5 Å². The second-order valence-electron chi connectivity index (χ2n) is 4.39. The fourth-order valence-corrected chi connectivity index (χ4v) is 2.63. The Hall–Kier alpha value is -1.22. The summed E-state index contributed by atoms with van der Waals surface area (Å²) >= 11 is 0. The third-order valence-corrected chi connectivity index (χ3v) is 3.36. The molecule has 0 spiro atoms. The van der Waals surface area contributed by atoms with Crippen LogP contribution >= 0.6 is 0 Å². The number of fused-ring (bicyclic) bond motifs is 3. The molecule has 3 nitrogen and oxygen atoms in total. The Bertz CT molecular complexity index is 378. The summed E-state index contributed by atoms with van der Waals surface area (Å²) in [5.41, 5.74) is 9.18. The number of benzene rings is 1. The number of ether oxygens (including phenoxy) is 1. The highest BCUT2D eigenvalue weighted by Gasteiger charge is 2.28. The number of nitrogens with zero attached hydrogens (tertiary/aromatic N) is 1. The van der Waals surface area contributed by atoms with Crippen LogP contribution in [0.2, 0.25) is 0 Å². The highest BCUT2D eigenvalue weighted by Crippen LogP contribution is 2.33. The quantitative estimate of drug-likeness (QED) is 0.654. The normalized spacial score (nSPS) is 24.5. The molecule has 0 unspecified atom stereocenters. The van der Waals surface area contributed by atoms with Gasteiger partial charge in [0.05, 0.1) is 19.3 Å². The molecule has 2 aliphatic heterocycles. The van der Waals surface area contributed by atoms with Crippen molar-refractivity contribution < 1.29 is 4.74 Å². The first-order valence-electron chi connectivity index (χ1n) is 5.57. The van der Waals surface area contributed by atoms with E-state index in [1.165, 1.54) is 24.1 Å². The van der Waals surface area contributed by atoms with Crippen LogP contribution in [0, 0.1) is 0 Å². The molecule has 15 heavy (non-hydrogen) atoms. The first-order valence-corrected chi connectivity index (χ1v) is 5.57. The molecule has 0 radical (unpaired) electrons. The standard InChI is InChI=1S/C12H16N2O/c13-10-3-4-12-9(6-10)7-15-8-11-2-1-5-14(11)12/h3-4,6,11H,1-2,5,7-8,13H2/t11-/m0/s1. The number of anilines is 2. The third-order valence-electron chi connectivity index (χ3n) is 3.36. The van der Waals surface area contributed by atoms with Crippen LogP contribution in [0.1, 0.15) is 18.4 Å². The van der Waals surface area contributed by atoms with Crippen LogP contribution in [0.4, 0.5) is 11.4 Å². The molecule has 1 aromatic rings. The van der Waals surface area contributed by atoms with Gasteiger partial charge in [0, 0.05) is 23.5 Å². The van der Waals surface area contributed by atoms with E-state index in [0.717, 1.165) is 18.8 Å². The SMILES string of the molecule is Nc1ccc2c(c1)COC[C@@H]1CCCN21. The predicted molar refractivity (Wildman–Crippen MR) is 60.9 cm³/mol. The molecule has 0 aliphatic carbocycles. The summed E-state index contributed by atoms with van der Waals surface area (Å²) in [5.74, 6) is 0. The van der Waals surface area contributed by atoms with Crippen LogP contribution in [-0.4, -0.2) is 19.2 Å². The molecule has 0 saturated carbocycles. The van der Waals surface area contributed by atoms with Crippen LogP contribution < -0.4 is 10.6 Å². The van der Waals surface area contributed by atoms with Gasteiger partial charge in [-0.05, 0) is 31.0 Å². The second-order valence-corrected chi connectivity index (χ2v) is 4.39. The summed E-state index contributed by atoms with van der Waals surface area (Å²) in [5, 5.41) is 0. The van der Waals surface area contributed by atoms with Crippen molar-refractivity contribution in [1.82, 2.24) is 0 Å². The van der Waals surface area contributed by atoms with Crippen LogP contribution in [0.3, 0.4) is 0 Å². The van der Waals surface area contributed by atoms with Crippen LogP contribution in [0.25, 0.3) is 0 Å². The third kappa shape index (κ3) is 1.47. The Morgan fingerprint density at radius 3 is 3.27 bits per heavy atom. The van der Waals surface area contributed by atoms with E-state index in [0.29, 0.717) is 12.6 Å². The number of nitrogen functional groups attached to an aromatic ring is 1. The van der Waals surface area contributed by atoms with Crippen molar-refractivity contribution in [3.05, 3.63) is 23.8 Å². The second kappa shape index (κ2) is 3.42. The molecule has 0 bridgehead atoms. The molecule has 80 valence electrons. The largest absolute Gasteiger partial charge is 0.399 e. The first kappa shape index (κ1) is 9.04. The Morgan fingerprint density at radius 2 is 2.33 bits per heavy atom. The summed E-state index contributed by atoms with van der Waals surface area (Å²) in [4.78, 5) is 2.47. The molecule has 1 saturated heterocycles. The lowest BCUT2D eigenvalue weighted by Gasteiger charge is -2.25. The van der Waals surface area contributed by atoms with Gasteiger partial charge in [-0.2, -0.15) is 0 Å². The van der Waals surface area contributed by atoms with Crippen molar-refractivity contribution in [2.75, 3.05) is 23.8 Å². The maximum Gasteiger partial charge on any atom is 0.0738 e. The Balaban J connectivity index is 2.05. The zero-order valence-electron chi connectivity index (χ0n) is 8.78. The summed E-state index contributed by atoms with van der Waals surface area (Å²) in [6.45, 7) is 2.72. The van der Waals surface area contributed by atoms with Crippen LogP contribution in [0.5, 0.6) is 0 Å². The van der Waals surface area contributed by atoms with Crippen molar-refractivity contribution in [2.24, 2.45) is 0 Å². The molecule has 1 aromatic carbocycles. The lowest BCUT2D eigenvalue weighted by atomic mass is 10.1. The summed E-state index contributed by atoms with van der Waals surface area (Å²) < 4.78 is 5.69. The van der Waals surface area contributed by atoms with E-state index >= 15 is 0 Å². The van der Waals surface area contributed by atoms with Gasteiger partial charge in [-0.3, -0.25) is 0 Å². The van der Waals surface area contributed by atoms with Gasteiger partial charge in [-0.1, -0.05) is 0 Å². The number of hydrogen-bond acceptors (Lipinski definition) is 3. The van der Waals surface area contributed by atoms with Gasteiger partial charge in [0.2, 0.25) is 0 Å². The van der Waals surface area contributed by atoms with Crippen LogP contribution in [0.15, 0.2) is 18.2 Å². The van der Waals surface area contributed by atoms with E-state index < -0.39 is 0 Å². The molecular formula is C12H16N2O. The highest BCUT2D eigenvalue weighted by molar-refractivity contribution is 5.61. The summed E-state index contributed by atoms with van der Waals surface area (Å²) in [6.07, 6.45) is 2.53. The van der Waals surface area contributed by atoms with Crippen molar-refractivity contribution in [1.29, 1.82) is 0 Å². The monoisotopic (exact) mass is 204 g/mol. The zero-order valence-corrected chi connectivity index (χ0v) is 8.78. The molecule has 2 heterocycles. The van der Waals surface area contributed by atoms with Gasteiger partial charge in [0.1, 0.15) is 0 Å². The molecule has 2 N–H and O–H groups in total. The van der Waals surface area contributed by atoms with Gasteiger partial charge in [-0.25, -0.2) is 0 Å². The number of hydrogen-bond donors (Lipinski definition) is 1. The van der Waals surface area contributed by atoms with Crippen molar-refractivity contribution in [3.8, 4) is 0 Å². The van der Waals surface area contributed by atoms with Crippen molar-refractivity contribution in [3.63, 3.8) is 0 Å². The molecule has 3 rings (SSSR count). The van der Waals surface area contributed by atoms with E-state index in [-0.39, 0.29) is 0 Å². The fourth-order valence-electron chi connectivity index (χ4n) is 2.63. The maximum absolute atomic E-state index is 5.80. The minimum Gasteiger partial charge on any atom is -0.399 e. The fraction of sp³-hybridized carbons (Fsp3) is 0.500. The lowest BCUT2D eigenvalue weighted by molar-refractivity contribution is 0.114. The van der Waals surface area contributed by atoms with Gasteiger partial charge in [-0.15, -0.1) is 0 Å². The smallest absolute Gasteiger partial charge is 0.0738 e. The van der Waals surface area contributed by atoms with Gasteiger partial charge in [0.25, 0.3) is 0 Å². The molecule has 2 aliphatic rings. The summed E-state index contributed by atoms with van der Waals surface area (Å²) in [7, 11) is 0. The lowest BCUT2D eigenvalue weighted by Crippen LogP contribution is -2.31. The zero-order chi connectivity index (χ0) is 10.3. The Kier molecular flexibility index (Phi) is 2.06. The Morgan fingerprint density at radius 1 is 1.40 bits per heavy atom. The molecule has 0 amide bonds. The van der Waals surface area contributed by atoms with Gasteiger partial charge >= 0.3 is 0 Å². The average molecular weight is 204 g/mol. The van der Waals surface area contributed by atoms with Gasteiger partial charge in [0.15, 0.2) is 0 Å². The first-order chi connectivity index (χ1) is 7.34. The molecule has 1 atom stereocenters. The van der Waals surface area contributed by atoms with E-state index in [1.807, 2.05) is 12.1 Å². The Labute approximate surface area is 89.8 Å². The number of nitrogens with two attached hydrogens (primary N) is 1. The maximum atomic E-state index is 5.80. The minimum absolute atomic E-state index is 0.579. The van der Waals surface area contributed by atoms with Crippen molar-refractivity contribution in [2.45, 2.75) is 25.5 Å². The molecular weight excluding hydrogens is 188 g/mol. The van der Waals surface area contributed by atoms with E-state index in [1.54, 1.807) is 0 Å². The van der Waals surface area contributed by atoms with E-state index in [4.69, 9.17) is 10.5 Å². The highest BCUT2D eigenvalue weighted by atomic mass is 16.5. The molecule has 1 fully saturated rings. The van der Waals surface area contributed by atoms with E-state index in [2.05, 4.69) is 11.0 Å². The predicted octanol–water partition coefficient (Wildman–Crippen LogP) is 1.77. The van der Waals surface area contributed by atoms with Crippen molar-refractivity contribution >= 4 is 11.4 Å². The number of rotatable bonds is 0.